The van der Waals surface area contributed by atoms with Crippen LogP contribution in [0.5, 0.6) is 5.75 Å². The van der Waals surface area contributed by atoms with Crippen molar-refractivity contribution in [3.05, 3.63) is 65.7 Å². The summed E-state index contributed by atoms with van der Waals surface area (Å²) < 4.78 is 10.8. The first-order chi connectivity index (χ1) is 9.79. The molecule has 0 spiro atoms. The lowest BCUT2D eigenvalue weighted by Gasteiger charge is -2.13. The fourth-order valence-corrected chi connectivity index (χ4v) is 1.99. The normalized spacial score (nSPS) is 12.1. The second kappa shape index (κ2) is 7.68. The Morgan fingerprint density at radius 1 is 1.00 bits per heavy atom. The molecule has 0 unspecified atom stereocenters. The maximum atomic E-state index is 6.15. The summed E-state index contributed by atoms with van der Waals surface area (Å²) in [4.78, 5) is 0. The minimum atomic E-state index is -0.00307. The van der Waals surface area contributed by atoms with Crippen LogP contribution in [-0.4, -0.2) is 13.7 Å². The van der Waals surface area contributed by atoms with Gasteiger partial charge < -0.3 is 15.2 Å². The second-order valence-corrected chi connectivity index (χ2v) is 4.71. The van der Waals surface area contributed by atoms with Gasteiger partial charge >= 0.3 is 0 Å². The van der Waals surface area contributed by atoms with Crippen molar-refractivity contribution in [2.45, 2.75) is 19.1 Å². The molecule has 2 aromatic rings. The van der Waals surface area contributed by atoms with Crippen LogP contribution in [0.15, 0.2) is 54.6 Å². The zero-order chi connectivity index (χ0) is 14.2. The van der Waals surface area contributed by atoms with Gasteiger partial charge in [0.2, 0.25) is 0 Å². The number of nitrogens with two attached hydrogens (primary N) is 1. The van der Waals surface area contributed by atoms with E-state index in [1.807, 2.05) is 42.5 Å². The van der Waals surface area contributed by atoms with Gasteiger partial charge in [-0.15, -0.1) is 0 Å². The maximum Gasteiger partial charge on any atom is 0.118 e. The molecule has 0 fully saturated rings. The predicted molar refractivity (Wildman–Crippen MR) is 80.6 cm³/mol. The minimum absolute atomic E-state index is 0.00307. The zero-order valence-electron chi connectivity index (χ0n) is 11.8. The van der Waals surface area contributed by atoms with E-state index in [9.17, 15) is 0 Å². The van der Waals surface area contributed by atoms with Crippen molar-refractivity contribution < 1.29 is 9.47 Å². The Kier molecular flexibility index (Phi) is 5.59. The molecule has 0 aliphatic carbocycles. The van der Waals surface area contributed by atoms with Crippen LogP contribution in [0, 0.1) is 0 Å². The van der Waals surface area contributed by atoms with Crippen molar-refractivity contribution in [3.63, 3.8) is 0 Å². The van der Waals surface area contributed by atoms with Gasteiger partial charge in [-0.25, -0.2) is 0 Å². The van der Waals surface area contributed by atoms with Crippen LogP contribution in [0.4, 0.5) is 0 Å². The Morgan fingerprint density at radius 2 is 1.70 bits per heavy atom. The van der Waals surface area contributed by atoms with E-state index >= 15 is 0 Å². The molecule has 0 heterocycles. The predicted octanol–water partition coefficient (Wildman–Crippen LogP) is 3.30. The maximum absolute atomic E-state index is 6.15. The van der Waals surface area contributed by atoms with Crippen molar-refractivity contribution in [1.82, 2.24) is 0 Å². The standard InChI is InChI=1S/C17H21NO2/c1-19-16-9-7-15(8-10-16)17(18)11-12-20-13-14-5-3-2-4-6-14/h2-10,17H,11-13,18H2,1H3/t17-/m1/s1. The monoisotopic (exact) mass is 271 g/mol. The van der Waals surface area contributed by atoms with Crippen LogP contribution in [0.3, 0.4) is 0 Å². The van der Waals surface area contributed by atoms with E-state index in [-0.39, 0.29) is 6.04 Å². The summed E-state index contributed by atoms with van der Waals surface area (Å²) in [6.07, 6.45) is 0.805. The van der Waals surface area contributed by atoms with Crippen LogP contribution in [-0.2, 0) is 11.3 Å². The molecule has 0 amide bonds. The highest BCUT2D eigenvalue weighted by Crippen LogP contribution is 2.18. The van der Waals surface area contributed by atoms with Crippen molar-refractivity contribution in [3.8, 4) is 5.75 Å². The van der Waals surface area contributed by atoms with E-state index in [4.69, 9.17) is 15.2 Å². The average Bonchev–Trinajstić information content (AvgIpc) is 2.52. The molecular formula is C17H21NO2. The third-order valence-corrected chi connectivity index (χ3v) is 3.23. The van der Waals surface area contributed by atoms with Gasteiger partial charge in [0.05, 0.1) is 13.7 Å². The van der Waals surface area contributed by atoms with Gasteiger partial charge in [0.25, 0.3) is 0 Å². The smallest absolute Gasteiger partial charge is 0.118 e. The summed E-state index contributed by atoms with van der Waals surface area (Å²) in [5, 5.41) is 0. The van der Waals surface area contributed by atoms with E-state index in [1.165, 1.54) is 5.56 Å². The first-order valence-electron chi connectivity index (χ1n) is 6.81. The Hall–Kier alpha value is -1.84. The molecule has 0 saturated heterocycles. The molecule has 2 aromatic carbocycles. The van der Waals surface area contributed by atoms with Crippen LogP contribution >= 0.6 is 0 Å². The van der Waals surface area contributed by atoms with Gasteiger partial charge in [-0.1, -0.05) is 42.5 Å². The number of hydrogen-bond donors (Lipinski definition) is 1. The first-order valence-corrected chi connectivity index (χ1v) is 6.81. The number of methoxy groups -OCH3 is 1. The quantitative estimate of drug-likeness (QED) is 0.786. The van der Waals surface area contributed by atoms with E-state index < -0.39 is 0 Å². The largest absolute Gasteiger partial charge is 0.497 e. The summed E-state index contributed by atoms with van der Waals surface area (Å²) in [5.74, 6) is 0.848. The second-order valence-electron chi connectivity index (χ2n) is 4.71. The first kappa shape index (κ1) is 14.6. The number of benzene rings is 2. The zero-order valence-corrected chi connectivity index (χ0v) is 11.8. The summed E-state index contributed by atoms with van der Waals surface area (Å²) in [7, 11) is 1.66. The number of rotatable bonds is 7. The van der Waals surface area contributed by atoms with Crippen molar-refractivity contribution in [2.75, 3.05) is 13.7 Å². The molecule has 0 radical (unpaired) electrons. The molecule has 2 N–H and O–H groups in total. The third kappa shape index (κ3) is 4.37. The summed E-state index contributed by atoms with van der Waals surface area (Å²) in [5.41, 5.74) is 8.44. The van der Waals surface area contributed by atoms with Crippen LogP contribution < -0.4 is 10.5 Å². The third-order valence-electron chi connectivity index (χ3n) is 3.23. The van der Waals surface area contributed by atoms with Gasteiger partial charge in [0, 0.05) is 12.6 Å². The van der Waals surface area contributed by atoms with Crippen LogP contribution in [0.25, 0.3) is 0 Å². The summed E-state index contributed by atoms with van der Waals surface area (Å²) >= 11 is 0. The Balaban J connectivity index is 1.73. The van der Waals surface area contributed by atoms with E-state index in [0.717, 1.165) is 17.7 Å². The highest BCUT2D eigenvalue weighted by atomic mass is 16.5. The lowest BCUT2D eigenvalue weighted by atomic mass is 10.1. The Labute approximate surface area is 120 Å². The molecule has 0 saturated carbocycles. The van der Waals surface area contributed by atoms with Crippen molar-refractivity contribution in [1.29, 1.82) is 0 Å². The average molecular weight is 271 g/mol. The molecular weight excluding hydrogens is 250 g/mol. The molecule has 106 valence electrons. The Morgan fingerprint density at radius 3 is 2.35 bits per heavy atom. The van der Waals surface area contributed by atoms with Crippen molar-refractivity contribution in [2.24, 2.45) is 5.73 Å². The molecule has 0 aliphatic rings. The molecule has 20 heavy (non-hydrogen) atoms. The molecule has 0 bridgehead atoms. The van der Waals surface area contributed by atoms with Gasteiger partial charge in [-0.3, -0.25) is 0 Å². The number of ether oxygens (including phenoxy) is 2. The molecule has 0 aliphatic heterocycles. The van der Waals surface area contributed by atoms with Crippen molar-refractivity contribution >= 4 is 0 Å². The highest BCUT2D eigenvalue weighted by molar-refractivity contribution is 5.28. The number of hydrogen-bond acceptors (Lipinski definition) is 3. The highest BCUT2D eigenvalue weighted by Gasteiger charge is 2.06. The van der Waals surface area contributed by atoms with E-state index in [0.29, 0.717) is 13.2 Å². The molecule has 3 heteroatoms. The van der Waals surface area contributed by atoms with E-state index in [1.54, 1.807) is 7.11 Å². The fraction of sp³-hybridized carbons (Fsp3) is 0.294. The summed E-state index contributed by atoms with van der Waals surface area (Å²) in [6, 6.07) is 18.0. The van der Waals surface area contributed by atoms with Crippen LogP contribution in [0.1, 0.15) is 23.6 Å². The van der Waals surface area contributed by atoms with E-state index in [2.05, 4.69) is 12.1 Å². The lowest BCUT2D eigenvalue weighted by molar-refractivity contribution is 0.114. The van der Waals surface area contributed by atoms with Gasteiger partial charge in [0.15, 0.2) is 0 Å². The SMILES string of the molecule is COc1ccc([C@H](N)CCOCc2ccccc2)cc1. The topological polar surface area (TPSA) is 44.5 Å². The van der Waals surface area contributed by atoms with Gasteiger partial charge in [-0.05, 0) is 29.7 Å². The molecule has 3 nitrogen and oxygen atoms in total. The molecule has 1 atom stereocenters. The molecule has 2 rings (SSSR count). The Bertz CT molecular complexity index is 496. The minimum Gasteiger partial charge on any atom is -0.497 e. The summed E-state index contributed by atoms with van der Waals surface area (Å²) in [6.45, 7) is 1.29. The van der Waals surface area contributed by atoms with Gasteiger partial charge in [-0.2, -0.15) is 0 Å². The lowest BCUT2D eigenvalue weighted by Crippen LogP contribution is -2.13. The fourth-order valence-electron chi connectivity index (χ4n) is 1.99. The van der Waals surface area contributed by atoms with Crippen LogP contribution in [0.2, 0.25) is 0 Å². The van der Waals surface area contributed by atoms with Gasteiger partial charge in [0.1, 0.15) is 5.75 Å². The molecule has 0 aromatic heterocycles.